The first kappa shape index (κ1) is 13.5. The lowest BCUT2D eigenvalue weighted by molar-refractivity contribution is 0.0606. The zero-order chi connectivity index (χ0) is 12.5. The van der Waals surface area contributed by atoms with Gasteiger partial charge in [-0.05, 0) is 39.3 Å². The van der Waals surface area contributed by atoms with E-state index in [0.29, 0.717) is 6.10 Å². The van der Waals surface area contributed by atoms with Gasteiger partial charge in [-0.3, -0.25) is 0 Å². The first-order valence-electron chi connectivity index (χ1n) is 7.06. The predicted octanol–water partition coefficient (Wildman–Crippen LogP) is 3.23. The molecule has 0 bridgehead atoms. The molecule has 0 aromatic rings. The highest BCUT2D eigenvalue weighted by Crippen LogP contribution is 2.51. The average molecular weight is 258 g/mol. The molecule has 2 aliphatic rings. The molecule has 4 atom stereocenters. The molecule has 0 spiro atoms. The first-order valence-corrected chi connectivity index (χ1v) is 9.58. The molecular formula is C13H26O3Si. The fourth-order valence-corrected chi connectivity index (χ4v) is 5.04. The molecule has 0 radical (unpaired) electrons. The van der Waals surface area contributed by atoms with Crippen LogP contribution in [0.4, 0.5) is 0 Å². The Hall–Kier alpha value is 0.0969. The van der Waals surface area contributed by atoms with E-state index in [2.05, 4.69) is 20.4 Å². The van der Waals surface area contributed by atoms with Gasteiger partial charge >= 0.3 is 8.56 Å². The van der Waals surface area contributed by atoms with Gasteiger partial charge in [0.15, 0.2) is 0 Å². The van der Waals surface area contributed by atoms with Crippen molar-refractivity contribution in [1.29, 1.82) is 0 Å². The molecule has 0 amide bonds. The molecule has 2 rings (SSSR count). The molecule has 1 aliphatic heterocycles. The van der Waals surface area contributed by atoms with Crippen molar-refractivity contribution in [3.63, 3.8) is 0 Å². The van der Waals surface area contributed by atoms with Gasteiger partial charge in [0.1, 0.15) is 5.60 Å². The van der Waals surface area contributed by atoms with Gasteiger partial charge in [0.25, 0.3) is 0 Å². The third-order valence-corrected chi connectivity index (χ3v) is 7.38. The average Bonchev–Trinajstić information content (AvgIpc) is 3.05. The van der Waals surface area contributed by atoms with Gasteiger partial charge in [0.2, 0.25) is 0 Å². The van der Waals surface area contributed by atoms with Crippen LogP contribution in [-0.4, -0.2) is 33.0 Å². The normalized spacial score (nSPS) is 37.1. The topological polar surface area (TPSA) is 31.0 Å². The van der Waals surface area contributed by atoms with Crippen LogP contribution in [0.3, 0.4) is 0 Å². The number of ether oxygens (including phenoxy) is 1. The Morgan fingerprint density at radius 2 is 2.18 bits per heavy atom. The van der Waals surface area contributed by atoms with Crippen molar-refractivity contribution in [2.45, 2.75) is 76.9 Å². The maximum Gasteiger partial charge on any atom is 0.334 e. The Kier molecular flexibility index (Phi) is 3.98. The van der Waals surface area contributed by atoms with E-state index in [4.69, 9.17) is 13.6 Å². The largest absolute Gasteiger partial charge is 0.395 e. The second kappa shape index (κ2) is 5.00. The predicted molar refractivity (Wildman–Crippen MR) is 70.3 cm³/mol. The molecule has 1 aliphatic carbocycles. The van der Waals surface area contributed by atoms with Crippen molar-refractivity contribution in [3.8, 4) is 0 Å². The quantitative estimate of drug-likeness (QED) is 0.541. The lowest BCUT2D eigenvalue weighted by atomic mass is 9.86. The zero-order valence-electron chi connectivity index (χ0n) is 11.6. The smallest absolute Gasteiger partial charge is 0.334 e. The Balaban J connectivity index is 1.94. The molecule has 3 nitrogen and oxygen atoms in total. The summed E-state index contributed by atoms with van der Waals surface area (Å²) in [7, 11) is -1.97. The maximum atomic E-state index is 6.30. The fraction of sp³-hybridized carbons (Fsp3) is 1.00. The number of rotatable bonds is 6. The van der Waals surface area contributed by atoms with Crippen molar-refractivity contribution in [2.24, 2.45) is 0 Å². The molecule has 17 heavy (non-hydrogen) atoms. The van der Waals surface area contributed by atoms with Crippen LogP contribution in [0.15, 0.2) is 0 Å². The Morgan fingerprint density at radius 1 is 1.41 bits per heavy atom. The number of hydrogen-bond donors (Lipinski definition) is 0. The molecule has 1 saturated heterocycles. The lowest BCUT2D eigenvalue weighted by Crippen LogP contribution is -2.46. The second-order valence-corrected chi connectivity index (χ2v) is 8.99. The summed E-state index contributed by atoms with van der Waals surface area (Å²) in [6.45, 7) is 9.30. The number of fused-ring (bicyclic) bond motifs is 1. The van der Waals surface area contributed by atoms with Crippen molar-refractivity contribution in [3.05, 3.63) is 0 Å². The number of epoxide rings is 1. The summed E-state index contributed by atoms with van der Waals surface area (Å²) in [4.78, 5) is 0. The summed E-state index contributed by atoms with van der Waals surface area (Å²) in [5.41, 5.74) is 0.0405. The van der Waals surface area contributed by atoms with Gasteiger partial charge in [-0.25, -0.2) is 0 Å². The molecule has 0 N–H and O–H groups in total. The van der Waals surface area contributed by atoms with Gasteiger partial charge in [-0.15, -0.1) is 0 Å². The van der Waals surface area contributed by atoms with Crippen LogP contribution in [0.5, 0.6) is 0 Å². The van der Waals surface area contributed by atoms with Crippen molar-refractivity contribution < 1.29 is 13.6 Å². The van der Waals surface area contributed by atoms with Crippen LogP contribution in [0.2, 0.25) is 12.6 Å². The Morgan fingerprint density at radius 3 is 2.76 bits per heavy atom. The molecule has 4 heteroatoms. The van der Waals surface area contributed by atoms with Gasteiger partial charge in [0.05, 0.1) is 12.2 Å². The van der Waals surface area contributed by atoms with Crippen molar-refractivity contribution in [2.75, 3.05) is 6.61 Å². The number of hydrogen-bond acceptors (Lipinski definition) is 3. The van der Waals surface area contributed by atoms with Gasteiger partial charge in [-0.1, -0.05) is 19.8 Å². The van der Waals surface area contributed by atoms with E-state index in [0.717, 1.165) is 12.7 Å². The third kappa shape index (κ3) is 2.60. The van der Waals surface area contributed by atoms with Crippen LogP contribution in [0.25, 0.3) is 0 Å². The highest BCUT2D eigenvalue weighted by atomic mass is 28.4. The molecule has 2 fully saturated rings. The SMILES string of the molecule is CCO[Si](C)(CC)OC(C)C12CCCCC1O2. The van der Waals surface area contributed by atoms with E-state index in [1.54, 1.807) is 0 Å². The summed E-state index contributed by atoms with van der Waals surface area (Å²) < 4.78 is 18.1. The summed E-state index contributed by atoms with van der Waals surface area (Å²) in [5.74, 6) is 0. The Labute approximate surface area is 106 Å². The van der Waals surface area contributed by atoms with Crippen LogP contribution in [0.1, 0.15) is 46.5 Å². The summed E-state index contributed by atoms with van der Waals surface area (Å²) in [6.07, 6.45) is 5.63. The lowest BCUT2D eigenvalue weighted by Gasteiger charge is -2.33. The van der Waals surface area contributed by atoms with E-state index in [-0.39, 0.29) is 11.7 Å². The minimum absolute atomic E-state index is 0.0405. The van der Waals surface area contributed by atoms with E-state index < -0.39 is 8.56 Å². The third-order valence-electron chi connectivity index (χ3n) is 4.34. The minimum Gasteiger partial charge on any atom is -0.395 e. The van der Waals surface area contributed by atoms with Crippen LogP contribution in [0, 0.1) is 0 Å². The summed E-state index contributed by atoms with van der Waals surface area (Å²) >= 11 is 0. The van der Waals surface area contributed by atoms with Gasteiger partial charge in [-0.2, -0.15) is 0 Å². The standard InChI is InChI=1S/C13H26O3Si/c1-5-14-17(4,6-2)16-11(3)13-10-8-7-9-12(13)15-13/h11-12H,5-10H2,1-4H3. The minimum atomic E-state index is -1.97. The van der Waals surface area contributed by atoms with Crippen molar-refractivity contribution in [1.82, 2.24) is 0 Å². The van der Waals surface area contributed by atoms with Gasteiger partial charge in [0, 0.05) is 6.61 Å². The molecule has 0 aromatic carbocycles. The molecular weight excluding hydrogens is 232 g/mol. The van der Waals surface area contributed by atoms with E-state index >= 15 is 0 Å². The van der Waals surface area contributed by atoms with E-state index in [1.807, 2.05) is 6.92 Å². The maximum absolute atomic E-state index is 6.30. The van der Waals surface area contributed by atoms with E-state index in [9.17, 15) is 0 Å². The summed E-state index contributed by atoms with van der Waals surface area (Å²) in [5, 5.41) is 0. The van der Waals surface area contributed by atoms with Gasteiger partial charge < -0.3 is 13.6 Å². The highest BCUT2D eigenvalue weighted by molar-refractivity contribution is 6.66. The van der Waals surface area contributed by atoms with Crippen LogP contribution >= 0.6 is 0 Å². The molecule has 100 valence electrons. The fourth-order valence-electron chi connectivity index (χ4n) is 3.04. The zero-order valence-corrected chi connectivity index (χ0v) is 12.6. The highest BCUT2D eigenvalue weighted by Gasteiger charge is 2.61. The molecule has 0 aromatic heterocycles. The molecule has 1 heterocycles. The van der Waals surface area contributed by atoms with E-state index in [1.165, 1.54) is 25.7 Å². The van der Waals surface area contributed by atoms with Crippen LogP contribution in [-0.2, 0) is 13.6 Å². The summed E-state index contributed by atoms with van der Waals surface area (Å²) in [6, 6.07) is 1.01. The first-order chi connectivity index (χ1) is 8.06. The van der Waals surface area contributed by atoms with Crippen LogP contribution < -0.4 is 0 Å². The second-order valence-electron chi connectivity index (χ2n) is 5.49. The molecule has 4 unspecified atom stereocenters. The Bertz CT molecular complexity index is 273. The molecule has 1 saturated carbocycles. The van der Waals surface area contributed by atoms with Crippen molar-refractivity contribution >= 4 is 8.56 Å². The monoisotopic (exact) mass is 258 g/mol.